The van der Waals surface area contributed by atoms with E-state index in [4.69, 9.17) is 0 Å². The second-order valence-corrected chi connectivity index (χ2v) is 6.55. The zero-order valence-corrected chi connectivity index (χ0v) is 16.2. The van der Waals surface area contributed by atoms with Gasteiger partial charge >= 0.3 is 6.61 Å². The van der Waals surface area contributed by atoms with Gasteiger partial charge in [-0.05, 0) is 35.2 Å². The summed E-state index contributed by atoms with van der Waals surface area (Å²) in [6.45, 7) is -3.00. The molecule has 0 aromatic heterocycles. The first-order valence-corrected chi connectivity index (χ1v) is 9.18. The van der Waals surface area contributed by atoms with Crippen molar-refractivity contribution in [3.63, 3.8) is 0 Å². The maximum absolute atomic E-state index is 12.4. The van der Waals surface area contributed by atoms with E-state index in [0.717, 1.165) is 10.8 Å². The van der Waals surface area contributed by atoms with Crippen molar-refractivity contribution >= 4 is 34.4 Å². The van der Waals surface area contributed by atoms with Crippen LogP contribution in [0.25, 0.3) is 16.8 Å². The van der Waals surface area contributed by atoms with Crippen LogP contribution in [-0.4, -0.2) is 36.9 Å². The zero-order valence-electron chi connectivity index (χ0n) is 16.2. The number of nitrogens with one attached hydrogen (secondary N) is 1. The van der Waals surface area contributed by atoms with Crippen molar-refractivity contribution in [1.29, 1.82) is 0 Å². The predicted molar refractivity (Wildman–Crippen MR) is 112 cm³/mol. The third-order valence-electron chi connectivity index (χ3n) is 4.34. The second-order valence-electron chi connectivity index (χ2n) is 6.55. The topological polar surface area (TPSA) is 58.6 Å². The number of fused-ring (bicyclic) bond motifs is 1. The van der Waals surface area contributed by atoms with E-state index in [1.54, 1.807) is 12.1 Å². The van der Waals surface area contributed by atoms with Crippen molar-refractivity contribution in [2.45, 2.75) is 6.61 Å². The third-order valence-corrected chi connectivity index (χ3v) is 4.34. The predicted octanol–water partition coefficient (Wildman–Crippen LogP) is 4.55. The molecule has 0 saturated carbocycles. The zero-order chi connectivity index (χ0) is 21.5. The highest BCUT2D eigenvalue weighted by atomic mass is 19.3. The molecule has 154 valence electrons. The standard InChI is InChI=1S/C23H20F2N2O3/c1-27(22(29)14-11-16-9-12-18(13-10-16)30-23(24)25)15-21(28)26-20-8-4-6-17-5-2-3-7-19(17)20/h2-14,23H,15H2,1H3,(H,26,28). The summed E-state index contributed by atoms with van der Waals surface area (Å²) < 4.78 is 28.6. The third kappa shape index (κ3) is 5.64. The molecule has 0 aliphatic rings. The monoisotopic (exact) mass is 410 g/mol. The number of likely N-dealkylation sites (N-methyl/N-ethyl adjacent to an activating group) is 1. The molecule has 0 aliphatic carbocycles. The lowest BCUT2D eigenvalue weighted by molar-refractivity contribution is -0.129. The van der Waals surface area contributed by atoms with Crippen LogP contribution in [0.3, 0.4) is 0 Å². The van der Waals surface area contributed by atoms with Gasteiger partial charge in [0, 0.05) is 24.2 Å². The Morgan fingerprint density at radius 2 is 1.73 bits per heavy atom. The van der Waals surface area contributed by atoms with Crippen molar-refractivity contribution < 1.29 is 23.1 Å². The van der Waals surface area contributed by atoms with Crippen LogP contribution >= 0.6 is 0 Å². The fourth-order valence-electron chi connectivity index (χ4n) is 2.87. The molecule has 0 bridgehead atoms. The molecule has 30 heavy (non-hydrogen) atoms. The Balaban J connectivity index is 1.57. The normalized spacial score (nSPS) is 11.1. The maximum Gasteiger partial charge on any atom is 0.387 e. The first kappa shape index (κ1) is 21.0. The number of amides is 2. The molecular formula is C23H20F2N2O3. The summed E-state index contributed by atoms with van der Waals surface area (Å²) in [5, 5.41) is 4.76. The Morgan fingerprint density at radius 1 is 1.03 bits per heavy atom. The average molecular weight is 410 g/mol. The fourth-order valence-corrected chi connectivity index (χ4v) is 2.87. The second kappa shape index (κ2) is 9.65. The molecule has 0 spiro atoms. The molecule has 7 heteroatoms. The largest absolute Gasteiger partial charge is 0.435 e. The van der Waals surface area contributed by atoms with Gasteiger partial charge in [0.15, 0.2) is 0 Å². The lowest BCUT2D eigenvalue weighted by atomic mass is 10.1. The lowest BCUT2D eigenvalue weighted by Crippen LogP contribution is -2.33. The Bertz CT molecular complexity index is 1060. The highest BCUT2D eigenvalue weighted by Crippen LogP contribution is 2.22. The Labute approximate surface area is 172 Å². The van der Waals surface area contributed by atoms with Crippen molar-refractivity contribution in [2.75, 3.05) is 18.9 Å². The molecule has 2 amide bonds. The molecule has 0 radical (unpaired) electrons. The summed E-state index contributed by atoms with van der Waals surface area (Å²) in [6, 6.07) is 19.2. The first-order valence-electron chi connectivity index (χ1n) is 9.18. The minimum absolute atomic E-state index is 0.0377. The number of carbonyl (C=O) groups is 2. The number of halogens is 2. The van der Waals surface area contributed by atoms with Gasteiger partial charge in [-0.3, -0.25) is 9.59 Å². The molecule has 0 unspecified atom stereocenters. The number of ether oxygens (including phenoxy) is 1. The highest BCUT2D eigenvalue weighted by Gasteiger charge is 2.12. The van der Waals surface area contributed by atoms with E-state index in [1.165, 1.54) is 36.2 Å². The van der Waals surface area contributed by atoms with E-state index in [-0.39, 0.29) is 24.1 Å². The Hall–Kier alpha value is -3.74. The number of carbonyl (C=O) groups excluding carboxylic acids is 2. The molecule has 3 aromatic carbocycles. The van der Waals surface area contributed by atoms with Crippen LogP contribution in [0.1, 0.15) is 5.56 Å². The van der Waals surface area contributed by atoms with Gasteiger partial charge in [-0.1, -0.05) is 48.5 Å². The van der Waals surface area contributed by atoms with Gasteiger partial charge in [-0.25, -0.2) is 0 Å². The summed E-state index contributed by atoms with van der Waals surface area (Å²) in [5.74, 6) is -0.643. The van der Waals surface area contributed by atoms with Crippen LogP contribution in [0.2, 0.25) is 0 Å². The maximum atomic E-state index is 12.4. The molecule has 3 aromatic rings. The van der Waals surface area contributed by atoms with Crippen LogP contribution in [0, 0.1) is 0 Å². The molecule has 3 rings (SSSR count). The van der Waals surface area contributed by atoms with E-state index in [2.05, 4.69) is 10.1 Å². The Kier molecular flexibility index (Phi) is 6.75. The molecular weight excluding hydrogens is 390 g/mol. The Morgan fingerprint density at radius 3 is 2.47 bits per heavy atom. The summed E-state index contributed by atoms with van der Waals surface area (Å²) >= 11 is 0. The van der Waals surface area contributed by atoms with Gasteiger partial charge in [-0.2, -0.15) is 8.78 Å². The molecule has 0 aliphatic heterocycles. The number of rotatable bonds is 7. The molecule has 0 fully saturated rings. The summed E-state index contributed by atoms with van der Waals surface area (Å²) in [4.78, 5) is 25.9. The number of hydrogen-bond donors (Lipinski definition) is 1. The number of hydrogen-bond acceptors (Lipinski definition) is 3. The summed E-state index contributed by atoms with van der Waals surface area (Å²) in [7, 11) is 1.52. The number of benzene rings is 3. The van der Waals surface area contributed by atoms with Gasteiger partial charge < -0.3 is 15.0 Å². The summed E-state index contributed by atoms with van der Waals surface area (Å²) in [6.07, 6.45) is 2.85. The van der Waals surface area contributed by atoms with Crippen molar-refractivity contribution in [2.24, 2.45) is 0 Å². The van der Waals surface area contributed by atoms with Gasteiger partial charge in [0.25, 0.3) is 0 Å². The summed E-state index contributed by atoms with van der Waals surface area (Å²) in [5.41, 5.74) is 1.32. The van der Waals surface area contributed by atoms with Gasteiger partial charge in [-0.15, -0.1) is 0 Å². The lowest BCUT2D eigenvalue weighted by Gasteiger charge is -2.15. The number of nitrogens with zero attached hydrogens (tertiary/aromatic N) is 1. The molecule has 5 nitrogen and oxygen atoms in total. The molecule has 0 heterocycles. The van der Waals surface area contributed by atoms with Crippen LogP contribution < -0.4 is 10.1 Å². The minimum atomic E-state index is -2.89. The van der Waals surface area contributed by atoms with Crippen LogP contribution in [-0.2, 0) is 9.59 Å². The van der Waals surface area contributed by atoms with Crippen molar-refractivity contribution in [3.8, 4) is 5.75 Å². The van der Waals surface area contributed by atoms with Gasteiger partial charge in [0.2, 0.25) is 11.8 Å². The smallest absolute Gasteiger partial charge is 0.387 e. The van der Waals surface area contributed by atoms with Crippen LogP contribution in [0.15, 0.2) is 72.8 Å². The van der Waals surface area contributed by atoms with Crippen molar-refractivity contribution in [1.82, 2.24) is 4.90 Å². The van der Waals surface area contributed by atoms with E-state index >= 15 is 0 Å². The van der Waals surface area contributed by atoms with Crippen LogP contribution in [0.5, 0.6) is 5.75 Å². The first-order chi connectivity index (χ1) is 14.4. The highest BCUT2D eigenvalue weighted by molar-refractivity contribution is 6.04. The minimum Gasteiger partial charge on any atom is -0.435 e. The molecule has 1 N–H and O–H groups in total. The van der Waals surface area contributed by atoms with Crippen molar-refractivity contribution in [3.05, 3.63) is 78.4 Å². The van der Waals surface area contributed by atoms with E-state index in [1.807, 2.05) is 42.5 Å². The van der Waals surface area contributed by atoms with Gasteiger partial charge in [0.1, 0.15) is 5.75 Å². The van der Waals surface area contributed by atoms with E-state index in [0.29, 0.717) is 11.3 Å². The van der Waals surface area contributed by atoms with E-state index < -0.39 is 6.61 Å². The average Bonchev–Trinajstić information content (AvgIpc) is 2.73. The molecule has 0 atom stereocenters. The number of alkyl halides is 2. The quantitative estimate of drug-likeness (QED) is 0.582. The van der Waals surface area contributed by atoms with Gasteiger partial charge in [0.05, 0.1) is 6.54 Å². The molecule has 0 saturated heterocycles. The van der Waals surface area contributed by atoms with E-state index in [9.17, 15) is 18.4 Å². The fraction of sp³-hybridized carbons (Fsp3) is 0.130. The van der Waals surface area contributed by atoms with Crippen LogP contribution in [0.4, 0.5) is 14.5 Å². The number of anilines is 1. The SMILES string of the molecule is CN(CC(=O)Nc1cccc2ccccc12)C(=O)C=Cc1ccc(OC(F)F)cc1.